The van der Waals surface area contributed by atoms with Crippen molar-refractivity contribution in [2.75, 3.05) is 13.1 Å². The highest BCUT2D eigenvalue weighted by Gasteiger charge is 1.99. The third kappa shape index (κ3) is 5.53. The summed E-state index contributed by atoms with van der Waals surface area (Å²) < 4.78 is 0. The SMILES string of the molecule is CC(C)CNC(=O)CNO. The van der Waals surface area contributed by atoms with E-state index in [0.29, 0.717) is 12.5 Å². The Morgan fingerprint density at radius 1 is 1.60 bits per heavy atom. The van der Waals surface area contributed by atoms with Gasteiger partial charge in [-0.2, -0.15) is 5.48 Å². The van der Waals surface area contributed by atoms with Crippen molar-refractivity contribution in [1.82, 2.24) is 10.8 Å². The molecule has 0 fully saturated rings. The Morgan fingerprint density at radius 2 is 2.20 bits per heavy atom. The molecule has 0 aromatic carbocycles. The lowest BCUT2D eigenvalue weighted by molar-refractivity contribution is -0.121. The van der Waals surface area contributed by atoms with Crippen molar-refractivity contribution in [3.63, 3.8) is 0 Å². The van der Waals surface area contributed by atoms with Gasteiger partial charge in [-0.25, -0.2) is 0 Å². The Kier molecular flexibility index (Phi) is 4.88. The fourth-order valence-electron chi connectivity index (χ4n) is 0.452. The van der Waals surface area contributed by atoms with E-state index in [1.165, 1.54) is 0 Å². The molecule has 4 heteroatoms. The van der Waals surface area contributed by atoms with Crippen LogP contribution < -0.4 is 10.8 Å². The van der Waals surface area contributed by atoms with Gasteiger partial charge in [-0.15, -0.1) is 0 Å². The molecule has 0 saturated heterocycles. The molecule has 0 rings (SSSR count). The molecule has 0 aliphatic rings. The molecule has 3 N–H and O–H groups in total. The van der Waals surface area contributed by atoms with Crippen LogP contribution in [-0.2, 0) is 4.79 Å². The van der Waals surface area contributed by atoms with Gasteiger partial charge in [-0.1, -0.05) is 13.8 Å². The Morgan fingerprint density at radius 3 is 2.60 bits per heavy atom. The Balaban J connectivity index is 3.22. The third-order valence-corrected chi connectivity index (χ3v) is 0.947. The molecule has 0 spiro atoms. The molecular formula is C6H14N2O2. The van der Waals surface area contributed by atoms with Crippen LogP contribution in [0.4, 0.5) is 0 Å². The van der Waals surface area contributed by atoms with Gasteiger partial charge in [-0.05, 0) is 5.92 Å². The maximum atomic E-state index is 10.6. The molecule has 0 unspecified atom stereocenters. The molecule has 0 bridgehead atoms. The summed E-state index contributed by atoms with van der Waals surface area (Å²) in [7, 11) is 0. The summed E-state index contributed by atoms with van der Waals surface area (Å²) >= 11 is 0. The largest absolute Gasteiger partial charge is 0.355 e. The minimum atomic E-state index is -0.184. The molecule has 1 amide bonds. The molecule has 0 aromatic heterocycles. The number of carbonyl (C=O) groups is 1. The van der Waals surface area contributed by atoms with Crippen molar-refractivity contribution in [3.8, 4) is 0 Å². The lowest BCUT2D eigenvalue weighted by Crippen LogP contribution is -2.34. The lowest BCUT2D eigenvalue weighted by Gasteiger charge is -2.05. The highest BCUT2D eigenvalue weighted by Crippen LogP contribution is 1.85. The first kappa shape index (κ1) is 9.39. The Labute approximate surface area is 60.6 Å². The molecule has 0 saturated carbocycles. The average Bonchev–Trinajstić information content (AvgIpc) is 1.85. The van der Waals surface area contributed by atoms with Crippen LogP contribution in [0.1, 0.15) is 13.8 Å². The van der Waals surface area contributed by atoms with Crippen molar-refractivity contribution >= 4 is 5.91 Å². The van der Waals surface area contributed by atoms with Gasteiger partial charge in [0.05, 0.1) is 6.54 Å². The maximum Gasteiger partial charge on any atom is 0.236 e. The Bertz CT molecular complexity index is 104. The summed E-state index contributed by atoms with van der Waals surface area (Å²) in [6, 6.07) is 0. The zero-order valence-electron chi connectivity index (χ0n) is 6.35. The molecule has 0 aliphatic heterocycles. The van der Waals surface area contributed by atoms with E-state index in [9.17, 15) is 4.79 Å². The number of nitrogens with one attached hydrogen (secondary N) is 2. The van der Waals surface area contributed by atoms with Crippen LogP contribution in [0.25, 0.3) is 0 Å². The van der Waals surface area contributed by atoms with Crippen LogP contribution in [0.15, 0.2) is 0 Å². The summed E-state index contributed by atoms with van der Waals surface area (Å²) in [6.45, 7) is 4.63. The fraction of sp³-hybridized carbons (Fsp3) is 0.833. The quantitative estimate of drug-likeness (QED) is 0.479. The van der Waals surface area contributed by atoms with Crippen molar-refractivity contribution in [2.45, 2.75) is 13.8 Å². The molecule has 4 nitrogen and oxygen atoms in total. The maximum absolute atomic E-state index is 10.6. The predicted octanol–water partition coefficient (Wildman–Crippen LogP) is -0.263. The zero-order valence-corrected chi connectivity index (χ0v) is 6.35. The van der Waals surface area contributed by atoms with Crippen LogP contribution in [0.3, 0.4) is 0 Å². The average molecular weight is 146 g/mol. The summed E-state index contributed by atoms with van der Waals surface area (Å²) in [6.07, 6.45) is 0. The van der Waals surface area contributed by atoms with E-state index in [1.54, 1.807) is 5.48 Å². The first-order chi connectivity index (χ1) is 4.66. The molecule has 10 heavy (non-hydrogen) atoms. The van der Waals surface area contributed by atoms with Crippen LogP contribution in [0.2, 0.25) is 0 Å². The molecule has 0 radical (unpaired) electrons. The Hall–Kier alpha value is -0.610. The van der Waals surface area contributed by atoms with Crippen LogP contribution >= 0.6 is 0 Å². The van der Waals surface area contributed by atoms with Crippen LogP contribution in [0, 0.1) is 5.92 Å². The number of hydroxylamine groups is 1. The summed E-state index contributed by atoms with van der Waals surface area (Å²) in [5.41, 5.74) is 1.78. The van der Waals surface area contributed by atoms with Gasteiger partial charge in [0.25, 0.3) is 0 Å². The first-order valence-electron chi connectivity index (χ1n) is 3.30. The highest BCUT2D eigenvalue weighted by atomic mass is 16.5. The number of hydrogen-bond donors (Lipinski definition) is 3. The molecular weight excluding hydrogens is 132 g/mol. The molecule has 60 valence electrons. The van der Waals surface area contributed by atoms with Gasteiger partial charge in [0, 0.05) is 6.54 Å². The number of hydrogen-bond acceptors (Lipinski definition) is 3. The summed E-state index contributed by atoms with van der Waals surface area (Å²) in [5, 5.41) is 10.7. The van der Waals surface area contributed by atoms with Crippen molar-refractivity contribution < 1.29 is 10.0 Å². The first-order valence-corrected chi connectivity index (χ1v) is 3.30. The van der Waals surface area contributed by atoms with E-state index >= 15 is 0 Å². The summed E-state index contributed by atoms with van der Waals surface area (Å²) in [5.74, 6) is 0.263. The molecule has 0 atom stereocenters. The van der Waals surface area contributed by atoms with Gasteiger partial charge in [0.2, 0.25) is 5.91 Å². The van der Waals surface area contributed by atoms with E-state index in [-0.39, 0.29) is 12.5 Å². The minimum Gasteiger partial charge on any atom is -0.355 e. The molecule has 0 aliphatic carbocycles. The third-order valence-electron chi connectivity index (χ3n) is 0.947. The van der Waals surface area contributed by atoms with Gasteiger partial charge in [-0.3, -0.25) is 4.79 Å². The van der Waals surface area contributed by atoms with E-state index in [0.717, 1.165) is 0 Å². The number of amides is 1. The van der Waals surface area contributed by atoms with Crippen molar-refractivity contribution in [2.24, 2.45) is 5.92 Å². The van der Waals surface area contributed by atoms with E-state index in [1.807, 2.05) is 13.8 Å². The normalized spacial score (nSPS) is 10.0. The second-order valence-corrected chi connectivity index (χ2v) is 2.53. The van der Waals surface area contributed by atoms with Gasteiger partial charge < -0.3 is 10.5 Å². The van der Waals surface area contributed by atoms with Gasteiger partial charge in [0.1, 0.15) is 0 Å². The van der Waals surface area contributed by atoms with Gasteiger partial charge >= 0.3 is 0 Å². The van der Waals surface area contributed by atoms with Crippen molar-refractivity contribution in [1.29, 1.82) is 0 Å². The van der Waals surface area contributed by atoms with E-state index in [4.69, 9.17) is 5.21 Å². The van der Waals surface area contributed by atoms with Crippen LogP contribution in [0.5, 0.6) is 0 Å². The second kappa shape index (κ2) is 5.20. The van der Waals surface area contributed by atoms with E-state index in [2.05, 4.69) is 5.32 Å². The highest BCUT2D eigenvalue weighted by molar-refractivity contribution is 5.77. The number of rotatable bonds is 4. The van der Waals surface area contributed by atoms with Crippen molar-refractivity contribution in [3.05, 3.63) is 0 Å². The number of carbonyl (C=O) groups excluding carboxylic acids is 1. The smallest absolute Gasteiger partial charge is 0.236 e. The molecule has 0 heterocycles. The zero-order chi connectivity index (χ0) is 7.98. The lowest BCUT2D eigenvalue weighted by atomic mass is 10.2. The minimum absolute atomic E-state index is 0.0350. The van der Waals surface area contributed by atoms with Crippen LogP contribution in [-0.4, -0.2) is 24.2 Å². The monoisotopic (exact) mass is 146 g/mol. The predicted molar refractivity (Wildman–Crippen MR) is 37.6 cm³/mol. The fourth-order valence-corrected chi connectivity index (χ4v) is 0.452. The second-order valence-electron chi connectivity index (χ2n) is 2.53. The van der Waals surface area contributed by atoms with Gasteiger partial charge in [0.15, 0.2) is 0 Å². The summed E-state index contributed by atoms with van der Waals surface area (Å²) in [4.78, 5) is 10.6. The standard InChI is InChI=1S/C6H14N2O2/c1-5(2)3-7-6(9)4-8-10/h5,8,10H,3-4H2,1-2H3,(H,7,9). The topological polar surface area (TPSA) is 61.4 Å². The van der Waals surface area contributed by atoms with E-state index < -0.39 is 0 Å². The molecule has 0 aromatic rings.